The molecule has 1 aromatic heterocycles. The number of halogens is 2. The lowest BCUT2D eigenvalue weighted by atomic mass is 10.2. The van der Waals surface area contributed by atoms with Gasteiger partial charge in [0, 0.05) is 21.3 Å². The Labute approximate surface area is 222 Å². The predicted molar refractivity (Wildman–Crippen MR) is 143 cm³/mol. The van der Waals surface area contributed by atoms with Gasteiger partial charge in [0.25, 0.3) is 5.91 Å². The number of rotatable bonds is 8. The molecule has 0 bridgehead atoms. The van der Waals surface area contributed by atoms with Crippen molar-refractivity contribution in [1.29, 1.82) is 0 Å². The van der Waals surface area contributed by atoms with Crippen molar-refractivity contribution in [2.24, 2.45) is 5.10 Å². The van der Waals surface area contributed by atoms with E-state index < -0.39 is 0 Å². The van der Waals surface area contributed by atoms with E-state index in [-0.39, 0.29) is 17.4 Å². The lowest BCUT2D eigenvalue weighted by Gasteiger charge is -2.11. The van der Waals surface area contributed by atoms with Crippen LogP contribution < -0.4 is 10.2 Å². The molecule has 3 aromatic carbocycles. The molecule has 178 valence electrons. The summed E-state index contributed by atoms with van der Waals surface area (Å²) in [5, 5.41) is 23.3. The van der Waals surface area contributed by atoms with E-state index in [0.29, 0.717) is 21.0 Å². The summed E-state index contributed by atoms with van der Waals surface area (Å²) in [6.45, 7) is 0. The highest BCUT2D eigenvalue weighted by molar-refractivity contribution is 9.11. The quantitative estimate of drug-likeness (QED) is 0.156. The maximum atomic E-state index is 12.4. The largest absolute Gasteiger partial charge is 0.506 e. The van der Waals surface area contributed by atoms with Gasteiger partial charge in [0.1, 0.15) is 11.5 Å². The van der Waals surface area contributed by atoms with E-state index in [9.17, 15) is 9.90 Å². The van der Waals surface area contributed by atoms with Gasteiger partial charge in [-0.2, -0.15) is 5.10 Å². The van der Waals surface area contributed by atoms with Crippen LogP contribution >= 0.6 is 43.6 Å². The Morgan fingerprint density at radius 1 is 1.14 bits per heavy atom. The molecule has 0 spiro atoms. The number of nitrogens with zero attached hydrogens (tertiary/aromatic N) is 4. The SMILES string of the molecule is COc1ccc(-n2c(SCC(=O)N/N=C\c3cc(Br)cc(Br)c3O)nnc2-c2ccccc2)cc1. The number of benzene rings is 3. The van der Waals surface area contributed by atoms with Gasteiger partial charge >= 0.3 is 0 Å². The summed E-state index contributed by atoms with van der Waals surface area (Å²) in [5.74, 6) is 1.16. The van der Waals surface area contributed by atoms with E-state index in [1.54, 1.807) is 19.2 Å². The third kappa shape index (κ3) is 6.11. The molecular formula is C24H19Br2N5O3S. The third-order valence-corrected chi connectivity index (χ3v) is 6.77. The lowest BCUT2D eigenvalue weighted by molar-refractivity contribution is -0.118. The number of aromatic nitrogens is 3. The summed E-state index contributed by atoms with van der Waals surface area (Å²) in [5.41, 5.74) is 4.66. The monoisotopic (exact) mass is 615 g/mol. The highest BCUT2D eigenvalue weighted by Gasteiger charge is 2.17. The van der Waals surface area contributed by atoms with Crippen LogP contribution in [-0.4, -0.2) is 44.9 Å². The zero-order chi connectivity index (χ0) is 24.8. The van der Waals surface area contributed by atoms with E-state index in [2.05, 4.69) is 52.6 Å². The number of carbonyl (C=O) groups excluding carboxylic acids is 1. The number of hydrogen-bond donors (Lipinski definition) is 2. The highest BCUT2D eigenvalue weighted by atomic mass is 79.9. The molecule has 1 heterocycles. The van der Waals surface area contributed by atoms with Crippen molar-refractivity contribution in [3.05, 3.63) is 81.2 Å². The fraction of sp³-hybridized carbons (Fsp3) is 0.0833. The van der Waals surface area contributed by atoms with Gasteiger partial charge in [0.15, 0.2) is 11.0 Å². The van der Waals surface area contributed by atoms with Crippen molar-refractivity contribution in [3.63, 3.8) is 0 Å². The molecule has 1 amide bonds. The Kier molecular flexibility index (Phi) is 8.21. The Morgan fingerprint density at radius 3 is 2.60 bits per heavy atom. The van der Waals surface area contributed by atoms with Gasteiger partial charge < -0.3 is 9.84 Å². The van der Waals surface area contributed by atoms with Crippen LogP contribution in [0.15, 0.2) is 85.9 Å². The first-order chi connectivity index (χ1) is 17.0. The Bertz CT molecular complexity index is 1360. The Morgan fingerprint density at radius 2 is 1.89 bits per heavy atom. The average molecular weight is 617 g/mol. The minimum absolute atomic E-state index is 0.0293. The van der Waals surface area contributed by atoms with Gasteiger partial charge in [-0.25, -0.2) is 5.43 Å². The number of hydrogen-bond acceptors (Lipinski definition) is 7. The first kappa shape index (κ1) is 25.0. The molecule has 4 rings (SSSR count). The van der Waals surface area contributed by atoms with E-state index >= 15 is 0 Å². The number of phenols is 1. The number of aromatic hydroxyl groups is 1. The molecule has 0 aliphatic heterocycles. The second-order valence-electron chi connectivity index (χ2n) is 7.11. The molecule has 0 atom stereocenters. The second-order valence-corrected chi connectivity index (χ2v) is 9.83. The molecule has 0 saturated carbocycles. The number of methoxy groups -OCH3 is 1. The fourth-order valence-electron chi connectivity index (χ4n) is 3.12. The predicted octanol–water partition coefficient (Wildman–Crippen LogP) is 5.42. The lowest BCUT2D eigenvalue weighted by Crippen LogP contribution is -2.20. The van der Waals surface area contributed by atoms with Crippen LogP contribution in [-0.2, 0) is 4.79 Å². The molecule has 4 aromatic rings. The summed E-state index contributed by atoms with van der Waals surface area (Å²) >= 11 is 7.86. The zero-order valence-corrected chi connectivity index (χ0v) is 22.3. The molecular weight excluding hydrogens is 598 g/mol. The highest BCUT2D eigenvalue weighted by Crippen LogP contribution is 2.31. The molecule has 2 N–H and O–H groups in total. The van der Waals surface area contributed by atoms with Gasteiger partial charge in [-0.3, -0.25) is 9.36 Å². The first-order valence-corrected chi connectivity index (χ1v) is 12.8. The minimum atomic E-state index is -0.328. The van der Waals surface area contributed by atoms with Crippen LogP contribution in [0.4, 0.5) is 0 Å². The Hall–Kier alpha value is -3.15. The van der Waals surface area contributed by atoms with Crippen LogP contribution in [0.2, 0.25) is 0 Å². The number of ether oxygens (including phenoxy) is 1. The van der Waals surface area contributed by atoms with Crippen LogP contribution in [0.25, 0.3) is 17.1 Å². The summed E-state index contributed by atoms with van der Waals surface area (Å²) in [6, 6.07) is 20.6. The van der Waals surface area contributed by atoms with E-state index in [1.807, 2.05) is 59.2 Å². The first-order valence-electron chi connectivity index (χ1n) is 10.2. The molecule has 8 nitrogen and oxygen atoms in total. The number of amides is 1. The summed E-state index contributed by atoms with van der Waals surface area (Å²) in [4.78, 5) is 12.4. The second kappa shape index (κ2) is 11.5. The van der Waals surface area contributed by atoms with Gasteiger partial charge in [0.05, 0.1) is 23.5 Å². The molecule has 0 aliphatic rings. The smallest absolute Gasteiger partial charge is 0.250 e. The maximum Gasteiger partial charge on any atom is 0.250 e. The maximum absolute atomic E-state index is 12.4. The molecule has 0 radical (unpaired) electrons. The standard InChI is InChI=1S/C24H19Br2N5O3S/c1-34-19-9-7-18(8-10-19)31-23(15-5-3-2-4-6-15)29-30-24(31)35-14-21(32)28-27-13-16-11-17(25)12-20(26)22(16)33/h2-13,33H,14H2,1H3,(H,28,32)/b27-13-. The topological polar surface area (TPSA) is 102 Å². The van der Waals surface area contributed by atoms with E-state index in [1.165, 1.54) is 18.0 Å². The van der Waals surface area contributed by atoms with Crippen molar-refractivity contribution in [3.8, 4) is 28.6 Å². The third-order valence-electron chi connectivity index (χ3n) is 4.78. The average Bonchev–Trinajstić information content (AvgIpc) is 3.30. The number of hydrazone groups is 1. The van der Waals surface area contributed by atoms with Crippen LogP contribution in [0, 0.1) is 0 Å². The van der Waals surface area contributed by atoms with Crippen molar-refractivity contribution >= 4 is 55.7 Å². The van der Waals surface area contributed by atoms with Crippen molar-refractivity contribution in [2.75, 3.05) is 12.9 Å². The zero-order valence-electron chi connectivity index (χ0n) is 18.4. The van der Waals surface area contributed by atoms with Gasteiger partial charge in [-0.05, 0) is 52.3 Å². The number of thioether (sulfide) groups is 1. The van der Waals surface area contributed by atoms with E-state index in [0.717, 1.165) is 21.5 Å². The van der Waals surface area contributed by atoms with Crippen molar-refractivity contribution in [2.45, 2.75) is 5.16 Å². The van der Waals surface area contributed by atoms with Gasteiger partial charge in [-0.15, -0.1) is 10.2 Å². The van der Waals surface area contributed by atoms with Gasteiger partial charge in [0.2, 0.25) is 0 Å². The number of nitrogens with one attached hydrogen (secondary N) is 1. The normalized spacial score (nSPS) is 11.1. The van der Waals surface area contributed by atoms with Crippen molar-refractivity contribution < 1.29 is 14.6 Å². The van der Waals surface area contributed by atoms with Crippen molar-refractivity contribution in [1.82, 2.24) is 20.2 Å². The summed E-state index contributed by atoms with van der Waals surface area (Å²) in [7, 11) is 1.61. The molecule has 0 aliphatic carbocycles. The number of phenolic OH excluding ortho intramolecular Hbond substituents is 1. The van der Waals surface area contributed by atoms with Gasteiger partial charge in [-0.1, -0.05) is 58.0 Å². The molecule has 0 saturated heterocycles. The minimum Gasteiger partial charge on any atom is -0.506 e. The Balaban J connectivity index is 1.51. The van der Waals surface area contributed by atoms with Crippen LogP contribution in [0.5, 0.6) is 11.5 Å². The fourth-order valence-corrected chi connectivity index (χ4v) is 5.12. The summed E-state index contributed by atoms with van der Waals surface area (Å²) in [6.07, 6.45) is 1.38. The summed E-state index contributed by atoms with van der Waals surface area (Å²) < 4.78 is 8.44. The number of carbonyl (C=O) groups is 1. The molecule has 35 heavy (non-hydrogen) atoms. The molecule has 0 fully saturated rings. The molecule has 0 unspecified atom stereocenters. The van der Waals surface area contributed by atoms with E-state index in [4.69, 9.17) is 4.74 Å². The van der Waals surface area contributed by atoms with Crippen LogP contribution in [0.3, 0.4) is 0 Å². The van der Waals surface area contributed by atoms with Crippen LogP contribution in [0.1, 0.15) is 5.56 Å². The molecule has 11 heteroatoms.